The molecule has 35 heavy (non-hydrogen) atoms. The van der Waals surface area contributed by atoms with Gasteiger partial charge in [-0.3, -0.25) is 0 Å². The molecule has 0 amide bonds. The molecular formula is C30H39N3O2. The van der Waals surface area contributed by atoms with Gasteiger partial charge in [0, 0.05) is 18.9 Å². The molecule has 3 aromatic rings. The van der Waals surface area contributed by atoms with Crippen molar-refractivity contribution in [3.8, 4) is 5.75 Å². The molecule has 2 aromatic carbocycles. The molecule has 2 unspecified atom stereocenters. The monoisotopic (exact) mass is 473 g/mol. The fourth-order valence-corrected chi connectivity index (χ4v) is 6.19. The van der Waals surface area contributed by atoms with Crippen molar-refractivity contribution in [3.05, 3.63) is 65.5 Å². The van der Waals surface area contributed by atoms with Crippen LogP contribution in [0.5, 0.6) is 5.75 Å². The van der Waals surface area contributed by atoms with E-state index < -0.39 is 5.60 Å². The van der Waals surface area contributed by atoms with Crippen LogP contribution in [-0.2, 0) is 6.42 Å². The second-order valence-corrected chi connectivity index (χ2v) is 10.7. The maximum absolute atomic E-state index is 11.7. The number of fused-ring (bicyclic) bond motifs is 4. The summed E-state index contributed by atoms with van der Waals surface area (Å²) in [5.41, 5.74) is 5.37. The largest absolute Gasteiger partial charge is 0.494 e. The Morgan fingerprint density at radius 2 is 1.97 bits per heavy atom. The number of benzene rings is 2. The Morgan fingerprint density at radius 1 is 1.14 bits per heavy atom. The molecule has 2 bridgehead atoms. The van der Waals surface area contributed by atoms with Gasteiger partial charge in [0.25, 0.3) is 0 Å². The van der Waals surface area contributed by atoms with Gasteiger partial charge in [0.15, 0.2) is 0 Å². The molecule has 186 valence electrons. The van der Waals surface area contributed by atoms with Gasteiger partial charge in [-0.1, -0.05) is 48.9 Å². The molecule has 0 radical (unpaired) electrons. The summed E-state index contributed by atoms with van der Waals surface area (Å²) in [6.45, 7) is 3.99. The molecule has 2 N–H and O–H groups in total. The number of aromatic amines is 1. The van der Waals surface area contributed by atoms with Gasteiger partial charge in [0.2, 0.25) is 0 Å². The van der Waals surface area contributed by atoms with Crippen LogP contribution in [-0.4, -0.2) is 52.8 Å². The maximum atomic E-state index is 11.7. The molecule has 0 spiro atoms. The smallest absolute Gasteiger partial charge is 0.144 e. The van der Waals surface area contributed by atoms with E-state index in [-0.39, 0.29) is 5.92 Å². The molecule has 1 heterocycles. The lowest BCUT2D eigenvalue weighted by molar-refractivity contribution is -0.0299. The van der Waals surface area contributed by atoms with Gasteiger partial charge >= 0.3 is 0 Å². The predicted molar refractivity (Wildman–Crippen MR) is 143 cm³/mol. The van der Waals surface area contributed by atoms with Crippen molar-refractivity contribution >= 4 is 16.6 Å². The highest BCUT2D eigenvalue weighted by molar-refractivity contribution is 5.84. The van der Waals surface area contributed by atoms with Crippen LogP contribution in [0.2, 0.25) is 0 Å². The number of nitrogens with one attached hydrogen (secondary N) is 1. The molecule has 1 saturated carbocycles. The topological polar surface area (TPSA) is 61.4 Å². The second-order valence-electron chi connectivity index (χ2n) is 10.7. The summed E-state index contributed by atoms with van der Waals surface area (Å²) in [6, 6.07) is 14.8. The third-order valence-corrected chi connectivity index (χ3v) is 8.24. The van der Waals surface area contributed by atoms with Gasteiger partial charge in [-0.05, 0) is 81.3 Å². The summed E-state index contributed by atoms with van der Waals surface area (Å²) in [6.07, 6.45) is 9.58. The zero-order chi connectivity index (χ0) is 24.4. The molecule has 3 aliphatic carbocycles. The first-order valence-corrected chi connectivity index (χ1v) is 13.2. The van der Waals surface area contributed by atoms with E-state index in [9.17, 15) is 5.11 Å². The Labute approximate surface area is 209 Å². The number of ether oxygens (including phenoxy) is 1. The van der Waals surface area contributed by atoms with Crippen LogP contribution in [0.15, 0.2) is 48.5 Å². The highest BCUT2D eigenvalue weighted by atomic mass is 16.5. The number of hydrogen-bond donors (Lipinski definition) is 2. The lowest BCUT2D eigenvalue weighted by Gasteiger charge is -2.41. The van der Waals surface area contributed by atoms with Crippen molar-refractivity contribution in [2.45, 2.75) is 57.5 Å². The van der Waals surface area contributed by atoms with Crippen molar-refractivity contribution in [1.82, 2.24) is 14.9 Å². The van der Waals surface area contributed by atoms with Gasteiger partial charge in [-0.25, -0.2) is 4.98 Å². The first-order chi connectivity index (χ1) is 17.0. The minimum absolute atomic E-state index is 0.263. The maximum Gasteiger partial charge on any atom is 0.144 e. The normalized spacial score (nSPS) is 24.1. The highest BCUT2D eigenvalue weighted by Crippen LogP contribution is 2.49. The molecular weight excluding hydrogens is 434 g/mol. The average Bonchev–Trinajstić information content (AvgIpc) is 3.10. The van der Waals surface area contributed by atoms with Crippen LogP contribution >= 0.6 is 0 Å². The molecule has 1 fully saturated rings. The Kier molecular flexibility index (Phi) is 6.99. The number of rotatable bonds is 9. The number of aryl methyl sites for hydroxylation is 2. The average molecular weight is 474 g/mol. The van der Waals surface area contributed by atoms with E-state index in [1.165, 1.54) is 24.0 Å². The van der Waals surface area contributed by atoms with Crippen molar-refractivity contribution < 1.29 is 9.84 Å². The standard InChI is InChI=1S/C30H39N3O2/c1-21-14-15-26(35-3)29-28(21)31-27(32-29)13-8-17-33(2)18-16-30(34)20-23-11-7-12-24(30)19-25(23)22-9-5-4-6-10-22/h4-6,9-10,14-15,19,23-24,34H,7-8,11-13,16-18,20H2,1-3H3,(H,31,32)/t23?,24?,30-/m1/s1. The molecule has 3 aliphatic rings. The lowest BCUT2D eigenvalue weighted by atomic mass is 9.70. The minimum atomic E-state index is -0.583. The number of aliphatic hydroxyl groups is 1. The zero-order valence-corrected chi connectivity index (χ0v) is 21.4. The van der Waals surface area contributed by atoms with Crippen molar-refractivity contribution in [3.63, 3.8) is 0 Å². The van der Waals surface area contributed by atoms with E-state index in [0.717, 1.165) is 73.4 Å². The Morgan fingerprint density at radius 3 is 2.77 bits per heavy atom. The fourth-order valence-electron chi connectivity index (χ4n) is 6.19. The molecule has 0 aliphatic heterocycles. The van der Waals surface area contributed by atoms with Crippen molar-refractivity contribution in [2.75, 3.05) is 27.2 Å². The lowest BCUT2D eigenvalue weighted by Crippen LogP contribution is -2.43. The zero-order valence-electron chi connectivity index (χ0n) is 21.4. The Bertz CT molecular complexity index is 1190. The third kappa shape index (κ3) is 5.03. The first kappa shape index (κ1) is 24.1. The number of hydrogen-bond acceptors (Lipinski definition) is 4. The molecule has 6 rings (SSSR count). The first-order valence-electron chi connectivity index (χ1n) is 13.2. The minimum Gasteiger partial charge on any atom is -0.494 e. The molecule has 3 atom stereocenters. The summed E-state index contributed by atoms with van der Waals surface area (Å²) in [5, 5.41) is 11.7. The van der Waals surface area contributed by atoms with E-state index in [1.807, 2.05) is 6.07 Å². The van der Waals surface area contributed by atoms with Crippen LogP contribution in [0.1, 0.15) is 55.5 Å². The van der Waals surface area contributed by atoms with Crippen LogP contribution in [0.25, 0.3) is 16.6 Å². The van der Waals surface area contributed by atoms with Gasteiger partial charge in [0.05, 0.1) is 18.2 Å². The predicted octanol–water partition coefficient (Wildman–Crippen LogP) is 5.77. The van der Waals surface area contributed by atoms with E-state index in [0.29, 0.717) is 5.92 Å². The number of methoxy groups -OCH3 is 1. The van der Waals surface area contributed by atoms with Gasteiger partial charge in [-0.15, -0.1) is 0 Å². The van der Waals surface area contributed by atoms with E-state index >= 15 is 0 Å². The van der Waals surface area contributed by atoms with Crippen LogP contribution in [0.3, 0.4) is 0 Å². The molecule has 0 saturated heterocycles. The summed E-state index contributed by atoms with van der Waals surface area (Å²) in [5.74, 6) is 2.59. The Hall–Kier alpha value is -2.63. The van der Waals surface area contributed by atoms with Crippen molar-refractivity contribution in [2.24, 2.45) is 11.8 Å². The highest BCUT2D eigenvalue weighted by Gasteiger charge is 2.44. The van der Waals surface area contributed by atoms with E-state index in [2.05, 4.69) is 66.3 Å². The summed E-state index contributed by atoms with van der Waals surface area (Å²) in [4.78, 5) is 10.6. The van der Waals surface area contributed by atoms with Crippen LogP contribution in [0.4, 0.5) is 0 Å². The van der Waals surface area contributed by atoms with Gasteiger partial charge < -0.3 is 19.7 Å². The summed E-state index contributed by atoms with van der Waals surface area (Å²) >= 11 is 0. The number of H-pyrrole nitrogens is 1. The van der Waals surface area contributed by atoms with Gasteiger partial charge in [0.1, 0.15) is 17.1 Å². The van der Waals surface area contributed by atoms with Crippen LogP contribution in [0, 0.1) is 18.8 Å². The number of nitrogens with zero attached hydrogens (tertiary/aromatic N) is 2. The fraction of sp³-hybridized carbons (Fsp3) is 0.500. The number of allylic oxidation sites excluding steroid dienone is 1. The van der Waals surface area contributed by atoms with E-state index in [4.69, 9.17) is 9.72 Å². The van der Waals surface area contributed by atoms with Crippen LogP contribution < -0.4 is 4.74 Å². The number of imidazole rings is 1. The molecule has 5 heteroatoms. The van der Waals surface area contributed by atoms with E-state index in [1.54, 1.807) is 7.11 Å². The molecule has 1 aromatic heterocycles. The quantitative estimate of drug-likeness (QED) is 0.414. The summed E-state index contributed by atoms with van der Waals surface area (Å²) < 4.78 is 5.49. The van der Waals surface area contributed by atoms with Crippen molar-refractivity contribution in [1.29, 1.82) is 0 Å². The second kappa shape index (κ2) is 10.2. The Balaban J connectivity index is 1.16. The summed E-state index contributed by atoms with van der Waals surface area (Å²) in [7, 11) is 3.88. The molecule has 5 nitrogen and oxygen atoms in total. The third-order valence-electron chi connectivity index (χ3n) is 8.24. The SMILES string of the molecule is COc1ccc(C)c2nc(CCCN(C)CC[C@@]3(O)CC4CCCC3C=C4c3ccccc3)[nH]c12. The van der Waals surface area contributed by atoms with Gasteiger partial charge in [-0.2, -0.15) is 0 Å². The number of aromatic nitrogens is 2.